The first-order valence-electron chi connectivity index (χ1n) is 1.79. The molecule has 0 bridgehead atoms. The summed E-state index contributed by atoms with van der Waals surface area (Å²) in [5.74, 6) is 3.10. The highest BCUT2D eigenvalue weighted by Crippen LogP contribution is 1.64. The third kappa shape index (κ3) is 2.74. The molecule has 0 saturated carbocycles. The second-order valence-corrected chi connectivity index (χ2v) is 0.853. The van der Waals surface area contributed by atoms with E-state index in [4.69, 9.17) is 5.26 Å². The number of hydrogen-bond donors (Lipinski definition) is 0. The van der Waals surface area contributed by atoms with E-state index in [2.05, 4.69) is 4.74 Å². The van der Waals surface area contributed by atoms with Gasteiger partial charge in [0, 0.05) is 11.8 Å². The second kappa shape index (κ2) is 3.70. The minimum absolute atomic E-state index is 0.688. The molecule has 0 fully saturated rings. The monoisotopic (exact) mass is 109 g/mol. The maximum absolute atomic E-state index is 10.0. The van der Waals surface area contributed by atoms with Crippen molar-refractivity contribution in [3.8, 4) is 17.9 Å². The fourth-order valence-corrected chi connectivity index (χ4v) is 0.130. The van der Waals surface area contributed by atoms with Gasteiger partial charge >= 0.3 is 5.97 Å². The molecule has 0 aromatic heterocycles. The van der Waals surface area contributed by atoms with Gasteiger partial charge in [0.2, 0.25) is 0 Å². The van der Waals surface area contributed by atoms with Crippen molar-refractivity contribution in [3.05, 3.63) is 0 Å². The van der Waals surface area contributed by atoms with E-state index in [1.54, 1.807) is 0 Å². The Morgan fingerprint density at radius 1 is 1.75 bits per heavy atom. The number of hydrogen-bond acceptors (Lipinski definition) is 3. The molecule has 0 aliphatic heterocycles. The Bertz CT molecular complexity index is 179. The lowest BCUT2D eigenvalue weighted by Gasteiger charge is -1.80. The van der Waals surface area contributed by atoms with Crippen LogP contribution in [0.4, 0.5) is 0 Å². The normalized spacial score (nSPS) is 5.50. The maximum Gasteiger partial charge on any atom is 0.385 e. The van der Waals surface area contributed by atoms with Gasteiger partial charge in [-0.25, -0.2) is 4.79 Å². The van der Waals surface area contributed by atoms with Crippen LogP contribution in [0.1, 0.15) is 0 Å². The molecule has 8 heavy (non-hydrogen) atoms. The predicted molar refractivity (Wildman–Crippen MR) is 25.4 cm³/mol. The fraction of sp³-hybridized carbons (Fsp3) is 0.200. The molecular formula is C5H3NO2. The molecule has 40 valence electrons. The lowest BCUT2D eigenvalue weighted by molar-refractivity contribution is -0.133. The number of ether oxygens (including phenoxy) is 1. The molecule has 0 aromatic carbocycles. The van der Waals surface area contributed by atoms with Crippen LogP contribution in [0.15, 0.2) is 0 Å². The molecule has 0 spiro atoms. The lowest BCUT2D eigenvalue weighted by Crippen LogP contribution is -1.93. The van der Waals surface area contributed by atoms with E-state index < -0.39 is 5.97 Å². The van der Waals surface area contributed by atoms with Crippen LogP contribution in [-0.4, -0.2) is 13.1 Å². The Morgan fingerprint density at radius 3 is 2.75 bits per heavy atom. The summed E-state index contributed by atoms with van der Waals surface area (Å²) in [6.07, 6.45) is 0. The minimum Gasteiger partial charge on any atom is -0.459 e. The van der Waals surface area contributed by atoms with E-state index in [0.29, 0.717) is 0 Å². The summed E-state index contributed by atoms with van der Waals surface area (Å²) in [6.45, 7) is 0. The van der Waals surface area contributed by atoms with Gasteiger partial charge in [-0.05, 0) is 0 Å². The van der Waals surface area contributed by atoms with Gasteiger partial charge in [0.1, 0.15) is 0 Å². The van der Waals surface area contributed by atoms with E-state index in [1.165, 1.54) is 13.2 Å². The van der Waals surface area contributed by atoms with Gasteiger partial charge in [-0.15, -0.1) is 0 Å². The van der Waals surface area contributed by atoms with E-state index in [-0.39, 0.29) is 0 Å². The van der Waals surface area contributed by atoms with Crippen LogP contribution in [0, 0.1) is 23.2 Å². The van der Waals surface area contributed by atoms with E-state index >= 15 is 0 Å². The highest BCUT2D eigenvalue weighted by Gasteiger charge is 1.85. The van der Waals surface area contributed by atoms with Crippen molar-refractivity contribution < 1.29 is 9.53 Å². The summed E-state index contributed by atoms with van der Waals surface area (Å²) in [7, 11) is 1.20. The molecule has 3 nitrogen and oxygen atoms in total. The highest BCUT2D eigenvalue weighted by atomic mass is 16.5. The molecule has 0 atom stereocenters. The maximum atomic E-state index is 10.0. The lowest BCUT2D eigenvalue weighted by atomic mass is 10.6. The van der Waals surface area contributed by atoms with E-state index in [9.17, 15) is 4.79 Å². The Morgan fingerprint density at radius 2 is 2.38 bits per heavy atom. The molecule has 0 aromatic rings. The highest BCUT2D eigenvalue weighted by molar-refractivity contribution is 5.88. The summed E-state index contributed by atoms with van der Waals surface area (Å²) in [5, 5.41) is 7.78. The molecule has 0 rings (SSSR count). The van der Waals surface area contributed by atoms with Crippen LogP contribution in [0.5, 0.6) is 0 Å². The molecule has 0 aliphatic rings. The smallest absolute Gasteiger partial charge is 0.385 e. The summed E-state index contributed by atoms with van der Waals surface area (Å²) in [6, 6.07) is 1.47. The number of esters is 1. The fourth-order valence-electron chi connectivity index (χ4n) is 0.130. The van der Waals surface area contributed by atoms with Crippen LogP contribution >= 0.6 is 0 Å². The van der Waals surface area contributed by atoms with Crippen molar-refractivity contribution in [2.75, 3.05) is 7.11 Å². The van der Waals surface area contributed by atoms with Crippen molar-refractivity contribution in [3.63, 3.8) is 0 Å². The number of rotatable bonds is 0. The van der Waals surface area contributed by atoms with Gasteiger partial charge in [-0.3, -0.25) is 0 Å². The largest absolute Gasteiger partial charge is 0.459 e. The number of carbonyl (C=O) groups is 1. The Kier molecular flexibility index (Phi) is 3.02. The van der Waals surface area contributed by atoms with Gasteiger partial charge in [0.15, 0.2) is 6.07 Å². The number of methoxy groups -OCH3 is 1. The van der Waals surface area contributed by atoms with Crippen LogP contribution in [0.2, 0.25) is 0 Å². The van der Waals surface area contributed by atoms with E-state index in [0.717, 1.165) is 0 Å². The van der Waals surface area contributed by atoms with Crippen LogP contribution in [0.3, 0.4) is 0 Å². The Balaban J connectivity index is 3.74. The summed E-state index contributed by atoms with van der Waals surface area (Å²) < 4.78 is 4.09. The summed E-state index contributed by atoms with van der Waals surface area (Å²) >= 11 is 0. The third-order valence-electron chi connectivity index (χ3n) is 0.406. The predicted octanol–water partition coefficient (Wildman–Crippen LogP) is -0.314. The first-order chi connectivity index (χ1) is 3.81. The Hall–Kier alpha value is -1.48. The first kappa shape index (κ1) is 6.52. The standard InChI is InChI=1S/C5H3NO2/c1-8-5(7)3-2-4-6/h1H3. The first-order valence-corrected chi connectivity index (χ1v) is 1.79. The zero-order valence-electron chi connectivity index (χ0n) is 4.26. The Labute approximate surface area is 46.9 Å². The van der Waals surface area contributed by atoms with Crippen LogP contribution in [0.25, 0.3) is 0 Å². The second-order valence-electron chi connectivity index (χ2n) is 0.853. The molecule has 0 heterocycles. The van der Waals surface area contributed by atoms with Gasteiger partial charge in [0.05, 0.1) is 7.11 Å². The summed E-state index contributed by atoms with van der Waals surface area (Å²) in [5.41, 5.74) is 0. The van der Waals surface area contributed by atoms with Crippen molar-refractivity contribution in [1.29, 1.82) is 5.26 Å². The molecule has 0 aliphatic carbocycles. The summed E-state index contributed by atoms with van der Waals surface area (Å²) in [4.78, 5) is 10.0. The quantitative estimate of drug-likeness (QED) is 0.243. The van der Waals surface area contributed by atoms with Crippen molar-refractivity contribution in [2.24, 2.45) is 0 Å². The van der Waals surface area contributed by atoms with Gasteiger partial charge in [-0.2, -0.15) is 5.26 Å². The molecule has 3 heteroatoms. The average Bonchev–Trinajstić information content (AvgIpc) is 1.83. The van der Waals surface area contributed by atoms with Crippen LogP contribution < -0.4 is 0 Å². The van der Waals surface area contributed by atoms with E-state index in [1.807, 2.05) is 11.8 Å². The van der Waals surface area contributed by atoms with Crippen LogP contribution in [-0.2, 0) is 9.53 Å². The molecule has 0 N–H and O–H groups in total. The van der Waals surface area contributed by atoms with Crippen molar-refractivity contribution >= 4 is 5.97 Å². The van der Waals surface area contributed by atoms with Gasteiger partial charge in [0.25, 0.3) is 0 Å². The number of nitriles is 1. The number of carbonyl (C=O) groups excluding carboxylic acids is 1. The van der Waals surface area contributed by atoms with Crippen molar-refractivity contribution in [1.82, 2.24) is 0 Å². The zero-order valence-corrected chi connectivity index (χ0v) is 4.26. The van der Waals surface area contributed by atoms with Gasteiger partial charge in [-0.1, -0.05) is 0 Å². The third-order valence-corrected chi connectivity index (χ3v) is 0.406. The molecule has 0 amide bonds. The minimum atomic E-state index is -0.688. The number of nitrogens with zero attached hydrogens (tertiary/aromatic N) is 1. The topological polar surface area (TPSA) is 50.1 Å². The average molecular weight is 109 g/mol. The van der Waals surface area contributed by atoms with Crippen molar-refractivity contribution in [2.45, 2.75) is 0 Å². The molecule has 0 saturated heterocycles. The van der Waals surface area contributed by atoms with Gasteiger partial charge < -0.3 is 4.74 Å². The zero-order chi connectivity index (χ0) is 6.41. The molecular weight excluding hydrogens is 106 g/mol. The molecule has 0 radical (unpaired) electrons. The SMILES string of the molecule is COC(=O)C#CC#N. The molecule has 0 unspecified atom stereocenters.